The molecule has 0 aromatic carbocycles. The lowest BCUT2D eigenvalue weighted by molar-refractivity contribution is -0.0697. The summed E-state index contributed by atoms with van der Waals surface area (Å²) < 4.78 is 37.3. The van der Waals surface area contributed by atoms with Gasteiger partial charge in [-0.25, -0.2) is 4.79 Å². The van der Waals surface area contributed by atoms with Gasteiger partial charge in [0.2, 0.25) is 0 Å². The van der Waals surface area contributed by atoms with E-state index < -0.39 is 12.3 Å². The Morgan fingerprint density at radius 2 is 2.21 bits per heavy atom. The van der Waals surface area contributed by atoms with Crippen LogP contribution in [0.3, 0.4) is 0 Å². The first-order valence-corrected chi connectivity index (χ1v) is 7.12. The zero-order valence-electron chi connectivity index (χ0n) is 12.5. The average molecular weight is 344 g/mol. The molecule has 0 spiro atoms. The molecule has 0 saturated heterocycles. The van der Waals surface area contributed by atoms with Crippen molar-refractivity contribution in [3.8, 4) is 11.8 Å². The van der Waals surface area contributed by atoms with Gasteiger partial charge in [-0.2, -0.15) is 18.3 Å². The van der Waals surface area contributed by atoms with E-state index in [1.807, 2.05) is 5.92 Å². The number of fused-ring (bicyclic) bond motifs is 1. The minimum absolute atomic E-state index is 0.0427. The van der Waals surface area contributed by atoms with Crippen molar-refractivity contribution in [1.82, 2.24) is 14.7 Å². The van der Waals surface area contributed by atoms with Gasteiger partial charge >= 0.3 is 12.3 Å². The number of nitrogens with zero attached hydrogens (tertiary/aromatic N) is 4. The monoisotopic (exact) mass is 344 g/mol. The molecule has 0 unspecified atom stereocenters. The number of hydrogen-bond acceptors (Lipinski definition) is 4. The van der Waals surface area contributed by atoms with Crippen LogP contribution in [0.5, 0.6) is 0 Å². The van der Waals surface area contributed by atoms with Crippen LogP contribution in [0.15, 0.2) is 5.16 Å². The first kappa shape index (κ1) is 17.7. The van der Waals surface area contributed by atoms with E-state index in [4.69, 9.17) is 10.3 Å². The Morgan fingerprint density at radius 1 is 1.46 bits per heavy atom. The molecule has 2 heterocycles. The molecule has 1 aliphatic heterocycles. The van der Waals surface area contributed by atoms with E-state index in [0.29, 0.717) is 36.3 Å². The van der Waals surface area contributed by atoms with Crippen molar-refractivity contribution in [2.24, 2.45) is 5.16 Å². The fraction of sp³-hybridized carbons (Fsp3) is 0.500. The first-order valence-electron chi connectivity index (χ1n) is 7.12. The van der Waals surface area contributed by atoms with Gasteiger partial charge < -0.3 is 15.2 Å². The lowest BCUT2D eigenvalue weighted by Crippen LogP contribution is -2.34. The lowest BCUT2D eigenvalue weighted by Gasteiger charge is -2.23. The van der Waals surface area contributed by atoms with E-state index in [0.717, 1.165) is 6.21 Å². The van der Waals surface area contributed by atoms with Crippen molar-refractivity contribution in [2.45, 2.75) is 38.5 Å². The molecule has 2 N–H and O–H groups in total. The third-order valence-electron chi connectivity index (χ3n) is 3.50. The molecule has 7 nitrogen and oxygen atoms in total. The Labute approximate surface area is 135 Å². The first-order chi connectivity index (χ1) is 11.3. The summed E-state index contributed by atoms with van der Waals surface area (Å²) in [6.07, 6.45) is -3.60. The number of aryl methyl sites for hydroxylation is 1. The second-order valence-electron chi connectivity index (χ2n) is 5.14. The fourth-order valence-electron chi connectivity index (χ4n) is 2.46. The maximum absolute atomic E-state index is 11.9. The SMILES string of the molecule is O=C(O)N1CCc2nn(CCCC#CC(F)(F)F)c(/C=N\O)c2C1. The summed E-state index contributed by atoms with van der Waals surface area (Å²) in [5.41, 5.74) is 1.79. The summed E-state index contributed by atoms with van der Waals surface area (Å²) in [6, 6.07) is 0. The molecule has 0 bridgehead atoms. The fourth-order valence-corrected chi connectivity index (χ4v) is 2.46. The number of rotatable bonds is 4. The zero-order valence-corrected chi connectivity index (χ0v) is 12.5. The number of amides is 1. The molecule has 130 valence electrons. The molecule has 0 radical (unpaired) electrons. The van der Waals surface area contributed by atoms with Gasteiger partial charge in [0.25, 0.3) is 0 Å². The van der Waals surface area contributed by atoms with Gasteiger partial charge in [0.1, 0.15) is 0 Å². The van der Waals surface area contributed by atoms with Crippen molar-refractivity contribution in [2.75, 3.05) is 6.54 Å². The predicted octanol–water partition coefficient (Wildman–Crippen LogP) is 2.07. The van der Waals surface area contributed by atoms with Crippen LogP contribution in [0.4, 0.5) is 18.0 Å². The van der Waals surface area contributed by atoms with Gasteiger partial charge in [0.05, 0.1) is 24.1 Å². The van der Waals surface area contributed by atoms with Crippen LogP contribution in [0.25, 0.3) is 0 Å². The van der Waals surface area contributed by atoms with Crippen LogP contribution in [-0.4, -0.2) is 50.0 Å². The van der Waals surface area contributed by atoms with Gasteiger partial charge in [0, 0.05) is 37.4 Å². The molecule has 0 saturated carbocycles. The minimum Gasteiger partial charge on any atom is -0.465 e. The van der Waals surface area contributed by atoms with Crippen LogP contribution >= 0.6 is 0 Å². The second-order valence-corrected chi connectivity index (χ2v) is 5.14. The standard InChI is InChI=1S/C14H15F3N4O3/c15-14(16,17)5-2-1-3-6-21-12(8-18-24)10-9-20(13(22)23)7-4-11(10)19-21/h8,24H,1,3-4,6-7,9H2,(H,22,23)/b18-8-. The van der Waals surface area contributed by atoms with Gasteiger partial charge in [-0.15, -0.1) is 0 Å². The molecular weight excluding hydrogens is 329 g/mol. The van der Waals surface area contributed by atoms with Gasteiger partial charge in [-0.1, -0.05) is 11.1 Å². The number of oxime groups is 1. The maximum Gasteiger partial charge on any atom is 0.457 e. The third-order valence-corrected chi connectivity index (χ3v) is 3.50. The molecule has 24 heavy (non-hydrogen) atoms. The largest absolute Gasteiger partial charge is 0.465 e. The number of unbranched alkanes of at least 4 members (excludes halogenated alkanes) is 1. The quantitative estimate of drug-likeness (QED) is 0.288. The molecule has 0 atom stereocenters. The summed E-state index contributed by atoms with van der Waals surface area (Å²) >= 11 is 0. The van der Waals surface area contributed by atoms with Crippen LogP contribution in [0, 0.1) is 11.8 Å². The Balaban J connectivity index is 2.10. The number of halogens is 3. The number of alkyl halides is 3. The molecule has 1 aliphatic rings. The van der Waals surface area contributed by atoms with E-state index >= 15 is 0 Å². The molecule has 1 aromatic heterocycles. The Hall–Kier alpha value is -2.70. The number of hydrogen-bond donors (Lipinski definition) is 2. The summed E-state index contributed by atoms with van der Waals surface area (Å²) in [5, 5.41) is 25.2. The van der Waals surface area contributed by atoms with Gasteiger partial charge in [-0.3, -0.25) is 4.68 Å². The topological polar surface area (TPSA) is 91.0 Å². The third kappa shape index (κ3) is 4.41. The number of aromatic nitrogens is 2. The average Bonchev–Trinajstić information content (AvgIpc) is 2.83. The Bertz CT molecular complexity index is 701. The van der Waals surface area contributed by atoms with Crippen molar-refractivity contribution in [3.05, 3.63) is 17.0 Å². The zero-order chi connectivity index (χ0) is 17.7. The van der Waals surface area contributed by atoms with E-state index in [1.54, 1.807) is 0 Å². The molecule has 1 aromatic rings. The molecule has 2 rings (SSSR count). The van der Waals surface area contributed by atoms with Crippen LogP contribution < -0.4 is 0 Å². The number of carboxylic acid groups (broad SMARTS) is 1. The molecule has 10 heteroatoms. The highest BCUT2D eigenvalue weighted by Gasteiger charge is 2.26. The Morgan fingerprint density at radius 3 is 2.83 bits per heavy atom. The van der Waals surface area contributed by atoms with Crippen LogP contribution in [0.1, 0.15) is 29.8 Å². The summed E-state index contributed by atoms with van der Waals surface area (Å²) in [6.45, 7) is 0.722. The highest BCUT2D eigenvalue weighted by atomic mass is 19.4. The van der Waals surface area contributed by atoms with Gasteiger partial charge in [-0.05, 0) is 6.42 Å². The highest BCUT2D eigenvalue weighted by Crippen LogP contribution is 2.22. The number of carbonyl (C=O) groups is 1. The van der Waals surface area contributed by atoms with Gasteiger partial charge in [0.15, 0.2) is 0 Å². The maximum atomic E-state index is 11.9. The van der Waals surface area contributed by atoms with Crippen LogP contribution in [-0.2, 0) is 19.5 Å². The highest BCUT2D eigenvalue weighted by molar-refractivity contribution is 5.80. The van der Waals surface area contributed by atoms with E-state index in [-0.39, 0.29) is 19.5 Å². The smallest absolute Gasteiger partial charge is 0.457 e. The second kappa shape index (κ2) is 7.25. The summed E-state index contributed by atoms with van der Waals surface area (Å²) in [5.74, 6) is 3.24. The molecule has 1 amide bonds. The van der Waals surface area contributed by atoms with Crippen molar-refractivity contribution < 1.29 is 28.3 Å². The molecular formula is C14H15F3N4O3. The molecule has 0 aliphatic carbocycles. The van der Waals surface area contributed by atoms with Crippen LogP contribution in [0.2, 0.25) is 0 Å². The minimum atomic E-state index is -4.50. The van der Waals surface area contributed by atoms with Crippen molar-refractivity contribution >= 4 is 12.3 Å². The lowest BCUT2D eigenvalue weighted by atomic mass is 10.1. The predicted molar refractivity (Wildman–Crippen MR) is 76.8 cm³/mol. The summed E-state index contributed by atoms with van der Waals surface area (Å²) in [4.78, 5) is 12.3. The van der Waals surface area contributed by atoms with Crippen molar-refractivity contribution in [1.29, 1.82) is 0 Å². The van der Waals surface area contributed by atoms with E-state index in [9.17, 15) is 18.0 Å². The summed E-state index contributed by atoms with van der Waals surface area (Å²) in [7, 11) is 0. The normalized spacial score (nSPS) is 14.4. The van der Waals surface area contributed by atoms with E-state index in [1.165, 1.54) is 15.5 Å². The Kier molecular flexibility index (Phi) is 5.33. The van der Waals surface area contributed by atoms with E-state index in [2.05, 4.69) is 10.3 Å². The van der Waals surface area contributed by atoms with Crippen molar-refractivity contribution in [3.63, 3.8) is 0 Å². The molecule has 0 fully saturated rings.